The quantitative estimate of drug-likeness (QED) is 0.725. The number of benzene rings is 1. The maximum Gasteiger partial charge on any atom is 0.0835 e. The number of hydrogen-bond acceptors (Lipinski definition) is 2. The van der Waals surface area contributed by atoms with E-state index in [0.717, 1.165) is 29.5 Å². The van der Waals surface area contributed by atoms with Crippen molar-refractivity contribution in [2.45, 2.75) is 32.1 Å². The molecule has 5 heteroatoms. The molecule has 2 N–H and O–H groups in total. The van der Waals surface area contributed by atoms with Gasteiger partial charge in [0.25, 0.3) is 0 Å². The fraction of sp³-hybridized carbons (Fsp3) is 0.571. The van der Waals surface area contributed by atoms with Crippen molar-refractivity contribution in [2.24, 2.45) is 5.41 Å². The first-order chi connectivity index (χ1) is 9.08. The van der Waals surface area contributed by atoms with Crippen molar-refractivity contribution < 1.29 is 5.11 Å². The van der Waals surface area contributed by atoms with Crippen molar-refractivity contribution in [3.63, 3.8) is 0 Å². The molecule has 1 aliphatic carbocycles. The topological polar surface area (TPSA) is 32.3 Å². The fourth-order valence-electron chi connectivity index (χ4n) is 2.64. The van der Waals surface area contributed by atoms with E-state index in [1.54, 1.807) is 0 Å². The number of anilines is 1. The van der Waals surface area contributed by atoms with Gasteiger partial charge in [0.2, 0.25) is 0 Å². The Morgan fingerprint density at radius 3 is 2.47 bits per heavy atom. The minimum atomic E-state index is -0.0128. The van der Waals surface area contributed by atoms with Crippen LogP contribution < -0.4 is 5.32 Å². The van der Waals surface area contributed by atoms with Crippen molar-refractivity contribution in [1.82, 2.24) is 0 Å². The third-order valence-electron chi connectivity index (χ3n) is 3.94. The van der Waals surface area contributed by atoms with Crippen LogP contribution in [0.1, 0.15) is 32.1 Å². The Labute approximate surface area is 132 Å². The summed E-state index contributed by atoms with van der Waals surface area (Å²) in [5, 5.41) is 14.1. The maximum absolute atomic E-state index is 9.68. The number of aliphatic hydroxyl groups excluding tert-OH is 1. The molecular formula is C14H18BrCl2NO. The average Bonchev–Trinajstić information content (AvgIpc) is 2.45. The van der Waals surface area contributed by atoms with Crippen LogP contribution in [0, 0.1) is 5.41 Å². The molecule has 0 aliphatic heterocycles. The molecule has 0 unspecified atom stereocenters. The number of hydrogen-bond donors (Lipinski definition) is 2. The zero-order valence-electron chi connectivity index (χ0n) is 10.7. The van der Waals surface area contributed by atoms with Crippen LogP contribution in [0.15, 0.2) is 16.6 Å². The highest BCUT2D eigenvalue weighted by molar-refractivity contribution is 9.10. The molecule has 106 valence electrons. The lowest BCUT2D eigenvalue weighted by Gasteiger charge is -2.36. The molecular weight excluding hydrogens is 349 g/mol. The molecule has 0 saturated heterocycles. The number of rotatable bonds is 4. The number of nitrogens with one attached hydrogen (secondary N) is 1. The summed E-state index contributed by atoms with van der Waals surface area (Å²) in [6.45, 7) is 0.961. The third-order valence-corrected chi connectivity index (χ3v) is 5.71. The van der Waals surface area contributed by atoms with Gasteiger partial charge in [-0.1, -0.05) is 42.5 Å². The van der Waals surface area contributed by atoms with E-state index >= 15 is 0 Å². The first kappa shape index (κ1) is 15.4. The van der Waals surface area contributed by atoms with Crippen LogP contribution in [0.5, 0.6) is 0 Å². The first-order valence-electron chi connectivity index (χ1n) is 6.56. The Morgan fingerprint density at radius 1 is 1.16 bits per heavy atom. The molecule has 0 amide bonds. The van der Waals surface area contributed by atoms with Gasteiger partial charge in [0.05, 0.1) is 22.3 Å². The lowest BCUT2D eigenvalue weighted by atomic mass is 9.74. The van der Waals surface area contributed by atoms with Crippen molar-refractivity contribution in [3.8, 4) is 0 Å². The summed E-state index contributed by atoms with van der Waals surface area (Å²) < 4.78 is 0.791. The molecule has 0 bridgehead atoms. The van der Waals surface area contributed by atoms with E-state index < -0.39 is 0 Å². The largest absolute Gasteiger partial charge is 0.396 e. The van der Waals surface area contributed by atoms with Crippen molar-refractivity contribution in [2.75, 3.05) is 18.5 Å². The lowest BCUT2D eigenvalue weighted by Crippen LogP contribution is -2.35. The van der Waals surface area contributed by atoms with Crippen molar-refractivity contribution in [3.05, 3.63) is 26.7 Å². The predicted molar refractivity (Wildman–Crippen MR) is 85.3 cm³/mol. The average molecular weight is 367 g/mol. The second-order valence-corrected chi connectivity index (χ2v) is 6.91. The van der Waals surface area contributed by atoms with E-state index in [0.29, 0.717) is 10.0 Å². The highest BCUT2D eigenvalue weighted by Crippen LogP contribution is 2.39. The smallest absolute Gasteiger partial charge is 0.0835 e. The van der Waals surface area contributed by atoms with Gasteiger partial charge >= 0.3 is 0 Å². The van der Waals surface area contributed by atoms with E-state index in [4.69, 9.17) is 23.2 Å². The fourth-order valence-corrected chi connectivity index (χ4v) is 3.48. The Hall–Kier alpha value is 0.0400. The molecule has 0 aromatic heterocycles. The molecule has 1 aliphatic rings. The molecule has 0 spiro atoms. The van der Waals surface area contributed by atoms with Gasteiger partial charge in [-0.25, -0.2) is 0 Å². The Balaban J connectivity index is 2.07. The maximum atomic E-state index is 9.68. The molecule has 0 radical (unpaired) electrons. The van der Waals surface area contributed by atoms with Gasteiger partial charge in [-0.15, -0.1) is 0 Å². The lowest BCUT2D eigenvalue weighted by molar-refractivity contribution is 0.0944. The number of halogens is 3. The molecule has 1 aromatic rings. The standard InChI is InChI=1S/C14H18BrCl2NO/c15-10-4-5-11(13(17)12(10)16)18-8-14(9-19)6-2-1-3-7-14/h4-5,18-19H,1-3,6-9H2. The van der Waals surface area contributed by atoms with Crippen molar-refractivity contribution >= 4 is 44.8 Å². The molecule has 1 fully saturated rings. The number of aliphatic hydroxyl groups is 1. The Bertz CT molecular complexity index is 447. The van der Waals surface area contributed by atoms with Crippen LogP contribution in [0.4, 0.5) is 5.69 Å². The van der Waals surface area contributed by atoms with E-state index in [9.17, 15) is 5.11 Å². The van der Waals surface area contributed by atoms with Gasteiger partial charge in [0.15, 0.2) is 0 Å². The van der Waals surface area contributed by atoms with Gasteiger partial charge in [-0.3, -0.25) is 0 Å². The minimum Gasteiger partial charge on any atom is -0.396 e. The summed E-state index contributed by atoms with van der Waals surface area (Å²) in [6, 6.07) is 3.79. The van der Waals surface area contributed by atoms with Gasteiger partial charge < -0.3 is 10.4 Å². The summed E-state index contributed by atoms with van der Waals surface area (Å²) in [6.07, 6.45) is 5.79. The summed E-state index contributed by atoms with van der Waals surface area (Å²) in [5.41, 5.74) is 0.814. The first-order valence-corrected chi connectivity index (χ1v) is 8.11. The van der Waals surface area contributed by atoms with E-state index in [1.165, 1.54) is 19.3 Å². The highest BCUT2D eigenvalue weighted by atomic mass is 79.9. The monoisotopic (exact) mass is 365 g/mol. The van der Waals surface area contributed by atoms with Crippen LogP contribution >= 0.6 is 39.1 Å². The second kappa shape index (κ2) is 6.66. The van der Waals surface area contributed by atoms with E-state index in [1.807, 2.05) is 12.1 Å². The predicted octanol–water partition coefficient (Wildman–Crippen LogP) is 5.11. The summed E-state index contributed by atoms with van der Waals surface area (Å²) in [5.74, 6) is 0. The van der Waals surface area contributed by atoms with Crippen molar-refractivity contribution in [1.29, 1.82) is 0 Å². The molecule has 2 nitrogen and oxygen atoms in total. The van der Waals surface area contributed by atoms with Crippen LogP contribution in [0.2, 0.25) is 10.0 Å². The molecule has 0 atom stereocenters. The van der Waals surface area contributed by atoms with Gasteiger partial charge in [-0.05, 0) is 40.9 Å². The van der Waals surface area contributed by atoms with Crippen LogP contribution in [-0.2, 0) is 0 Å². The molecule has 19 heavy (non-hydrogen) atoms. The van der Waals surface area contributed by atoms with Gasteiger partial charge in [-0.2, -0.15) is 0 Å². The van der Waals surface area contributed by atoms with Crippen LogP contribution in [-0.4, -0.2) is 18.3 Å². The molecule has 1 aromatic carbocycles. The Morgan fingerprint density at radius 2 is 1.84 bits per heavy atom. The molecule has 1 saturated carbocycles. The van der Waals surface area contributed by atoms with E-state index in [-0.39, 0.29) is 12.0 Å². The summed E-state index contributed by atoms with van der Waals surface area (Å²) >= 11 is 15.7. The van der Waals surface area contributed by atoms with Gasteiger partial charge in [0, 0.05) is 16.4 Å². The van der Waals surface area contributed by atoms with Crippen LogP contribution in [0.3, 0.4) is 0 Å². The van der Waals surface area contributed by atoms with Gasteiger partial charge in [0.1, 0.15) is 0 Å². The summed E-state index contributed by atoms with van der Waals surface area (Å²) in [7, 11) is 0. The Kier molecular flexibility index (Phi) is 5.41. The normalized spacial score (nSPS) is 18.3. The van der Waals surface area contributed by atoms with E-state index in [2.05, 4.69) is 21.2 Å². The molecule has 0 heterocycles. The zero-order chi connectivity index (χ0) is 13.9. The minimum absolute atomic E-state index is 0.0128. The second-order valence-electron chi connectivity index (χ2n) is 5.30. The highest BCUT2D eigenvalue weighted by Gasteiger charge is 2.31. The third kappa shape index (κ3) is 3.57. The summed E-state index contributed by atoms with van der Waals surface area (Å²) in [4.78, 5) is 0. The SMILES string of the molecule is OCC1(CNc2ccc(Br)c(Cl)c2Cl)CCCCC1. The zero-order valence-corrected chi connectivity index (χ0v) is 13.8. The molecule has 2 rings (SSSR count). The van der Waals surface area contributed by atoms with Crippen LogP contribution in [0.25, 0.3) is 0 Å².